The molecule has 1 aromatic carbocycles. The maximum absolute atomic E-state index is 13.2. The lowest BCUT2D eigenvalue weighted by Crippen LogP contribution is -2.42. The van der Waals surface area contributed by atoms with Crippen molar-refractivity contribution in [3.05, 3.63) is 39.8 Å². The number of halogens is 3. The predicted octanol–water partition coefficient (Wildman–Crippen LogP) is 2.56. The highest BCUT2D eigenvalue weighted by molar-refractivity contribution is 7.93. The van der Waals surface area contributed by atoms with Gasteiger partial charge in [0.05, 0.1) is 41.1 Å². The van der Waals surface area contributed by atoms with Crippen LogP contribution in [0.25, 0.3) is 10.4 Å². The molecule has 0 radical (unpaired) electrons. The Hall–Kier alpha value is -2.48. The van der Waals surface area contributed by atoms with E-state index in [-0.39, 0.29) is 12.2 Å². The van der Waals surface area contributed by atoms with Crippen molar-refractivity contribution in [3.63, 3.8) is 0 Å². The molecular formula is C15H12F3N5O3S. The minimum absolute atomic E-state index is 0.0135. The second-order valence-corrected chi connectivity index (χ2v) is 8.71. The summed E-state index contributed by atoms with van der Waals surface area (Å²) in [6.45, 7) is -0.0135. The second kappa shape index (κ2) is 5.76. The van der Waals surface area contributed by atoms with Crippen molar-refractivity contribution in [1.29, 1.82) is 5.26 Å². The summed E-state index contributed by atoms with van der Waals surface area (Å²) in [6.07, 6.45) is -5.61. The smallest absolute Gasteiger partial charge is 0.373 e. The van der Waals surface area contributed by atoms with Crippen LogP contribution < -0.4 is 4.31 Å². The van der Waals surface area contributed by atoms with Gasteiger partial charge in [0.25, 0.3) is 0 Å². The average molecular weight is 399 g/mol. The molecule has 3 aliphatic rings. The lowest BCUT2D eigenvalue weighted by Gasteiger charge is -2.24. The maximum atomic E-state index is 13.2. The van der Waals surface area contributed by atoms with Gasteiger partial charge in [0.1, 0.15) is 5.25 Å². The van der Waals surface area contributed by atoms with Crippen molar-refractivity contribution in [1.82, 2.24) is 0 Å². The number of hydrogen-bond donors (Lipinski definition) is 0. The third kappa shape index (κ3) is 2.54. The van der Waals surface area contributed by atoms with E-state index in [2.05, 4.69) is 10.0 Å². The zero-order valence-electron chi connectivity index (χ0n) is 13.5. The molecule has 0 aromatic heterocycles. The lowest BCUT2D eigenvalue weighted by molar-refractivity contribution is -0.137. The van der Waals surface area contributed by atoms with Gasteiger partial charge in [-0.1, -0.05) is 5.11 Å². The molecule has 12 heteroatoms. The number of nitriles is 1. The Morgan fingerprint density at radius 1 is 1.41 bits per heavy atom. The third-order valence-electron chi connectivity index (χ3n) is 5.35. The number of alkyl halides is 3. The fraction of sp³-hybridized carbons (Fsp3) is 0.533. The van der Waals surface area contributed by atoms with Gasteiger partial charge in [-0.25, -0.2) is 8.42 Å². The van der Waals surface area contributed by atoms with Crippen molar-refractivity contribution < 1.29 is 26.3 Å². The number of fused-ring (bicyclic) bond motifs is 5. The second-order valence-electron chi connectivity index (χ2n) is 6.69. The summed E-state index contributed by atoms with van der Waals surface area (Å²) in [7, 11) is -4.01. The highest BCUT2D eigenvalue weighted by Crippen LogP contribution is 2.50. The van der Waals surface area contributed by atoms with Crippen LogP contribution in [0.3, 0.4) is 0 Å². The number of ether oxygens (including phenoxy) is 1. The van der Waals surface area contributed by atoms with E-state index in [0.717, 1.165) is 10.4 Å². The number of nitrogens with zero attached hydrogens (tertiary/aromatic N) is 5. The summed E-state index contributed by atoms with van der Waals surface area (Å²) in [4.78, 5) is 2.71. The molecule has 3 heterocycles. The highest BCUT2D eigenvalue weighted by atomic mass is 32.2. The zero-order chi connectivity index (χ0) is 19.6. The molecule has 3 saturated heterocycles. The van der Waals surface area contributed by atoms with E-state index < -0.39 is 56.7 Å². The van der Waals surface area contributed by atoms with Crippen molar-refractivity contribution in [3.8, 4) is 6.07 Å². The Kier molecular flexibility index (Phi) is 3.82. The molecule has 2 bridgehead atoms. The predicted molar refractivity (Wildman–Crippen MR) is 85.9 cm³/mol. The number of hydrogen-bond acceptors (Lipinski definition) is 5. The molecule has 3 aliphatic heterocycles. The summed E-state index contributed by atoms with van der Waals surface area (Å²) in [6, 6.07) is 3.71. The van der Waals surface area contributed by atoms with Gasteiger partial charge >= 0.3 is 6.18 Å². The van der Waals surface area contributed by atoms with E-state index in [1.54, 1.807) is 0 Å². The van der Waals surface area contributed by atoms with Gasteiger partial charge in [-0.05, 0) is 30.2 Å². The molecule has 0 N–H and O–H groups in total. The Labute approximate surface area is 151 Å². The molecule has 0 unspecified atom stereocenters. The average Bonchev–Trinajstić information content (AvgIpc) is 3.24. The van der Waals surface area contributed by atoms with E-state index in [4.69, 9.17) is 15.5 Å². The molecule has 0 saturated carbocycles. The molecule has 4 rings (SSSR count). The minimum Gasteiger partial charge on any atom is -0.373 e. The molecule has 5 atom stereocenters. The fourth-order valence-electron chi connectivity index (χ4n) is 4.25. The number of benzene rings is 1. The molecule has 0 spiro atoms. The molecule has 142 valence electrons. The van der Waals surface area contributed by atoms with Gasteiger partial charge in [-0.3, -0.25) is 4.31 Å². The minimum atomic E-state index is -4.78. The van der Waals surface area contributed by atoms with Gasteiger partial charge in [0, 0.05) is 17.4 Å². The first-order valence-electron chi connectivity index (χ1n) is 8.01. The van der Waals surface area contributed by atoms with Crippen LogP contribution in [0.2, 0.25) is 0 Å². The van der Waals surface area contributed by atoms with Crippen molar-refractivity contribution in [2.45, 2.75) is 36.1 Å². The fourth-order valence-corrected chi connectivity index (χ4v) is 6.62. The Balaban J connectivity index is 1.74. The Bertz CT molecular complexity index is 999. The van der Waals surface area contributed by atoms with Crippen LogP contribution in [-0.2, 0) is 20.9 Å². The first-order valence-corrected chi connectivity index (χ1v) is 9.51. The van der Waals surface area contributed by atoms with Gasteiger partial charge in [0.15, 0.2) is 0 Å². The molecule has 27 heavy (non-hydrogen) atoms. The normalized spacial score (nSPS) is 33.4. The zero-order valence-corrected chi connectivity index (χ0v) is 14.4. The Morgan fingerprint density at radius 3 is 2.78 bits per heavy atom. The number of sulfonamides is 1. The van der Waals surface area contributed by atoms with E-state index >= 15 is 0 Å². The summed E-state index contributed by atoms with van der Waals surface area (Å²) in [5.74, 6) is -0.407. The third-order valence-corrected chi connectivity index (χ3v) is 7.63. The summed E-state index contributed by atoms with van der Waals surface area (Å²) < 4.78 is 72.2. The van der Waals surface area contributed by atoms with E-state index in [9.17, 15) is 21.6 Å². The molecule has 0 amide bonds. The van der Waals surface area contributed by atoms with Gasteiger partial charge in [-0.2, -0.15) is 18.4 Å². The molecule has 8 nitrogen and oxygen atoms in total. The van der Waals surface area contributed by atoms with Gasteiger partial charge in [0.2, 0.25) is 10.0 Å². The number of anilines is 1. The summed E-state index contributed by atoms with van der Waals surface area (Å²) in [5, 5.41) is 11.5. The van der Waals surface area contributed by atoms with Crippen molar-refractivity contribution in [2.24, 2.45) is 11.0 Å². The van der Waals surface area contributed by atoms with E-state index in [0.29, 0.717) is 12.5 Å². The first-order chi connectivity index (χ1) is 12.7. The van der Waals surface area contributed by atoms with Gasteiger partial charge < -0.3 is 4.74 Å². The van der Waals surface area contributed by atoms with Crippen molar-refractivity contribution in [2.75, 3.05) is 10.8 Å². The first kappa shape index (κ1) is 17.9. The quantitative estimate of drug-likeness (QED) is 0.431. The lowest BCUT2D eigenvalue weighted by atomic mass is 9.86. The van der Waals surface area contributed by atoms with Crippen LogP contribution in [-0.4, -0.2) is 38.5 Å². The SMILES string of the molecule is N#Cc1ccc(N2C[C@@H]3[C@@H]([C@@H]4O[C@H]3C[C@@H]4N=[N+]=[N-])S2(=O)=O)cc1C(F)(F)F. The van der Waals surface area contributed by atoms with Gasteiger partial charge in [-0.15, -0.1) is 0 Å². The van der Waals surface area contributed by atoms with Crippen LogP contribution in [0, 0.1) is 17.2 Å². The maximum Gasteiger partial charge on any atom is 0.417 e. The van der Waals surface area contributed by atoms with E-state index in [1.807, 2.05) is 0 Å². The van der Waals surface area contributed by atoms with Crippen LogP contribution in [0.5, 0.6) is 0 Å². The molecule has 1 aromatic rings. The largest absolute Gasteiger partial charge is 0.417 e. The highest BCUT2D eigenvalue weighted by Gasteiger charge is 2.64. The topological polar surface area (TPSA) is 119 Å². The van der Waals surface area contributed by atoms with Crippen molar-refractivity contribution >= 4 is 15.7 Å². The van der Waals surface area contributed by atoms with Crippen LogP contribution in [0.15, 0.2) is 23.3 Å². The van der Waals surface area contributed by atoms with Crippen LogP contribution in [0.1, 0.15) is 17.5 Å². The number of rotatable bonds is 2. The van der Waals surface area contributed by atoms with Crippen LogP contribution in [0.4, 0.5) is 18.9 Å². The summed E-state index contributed by atoms with van der Waals surface area (Å²) >= 11 is 0. The summed E-state index contributed by atoms with van der Waals surface area (Å²) in [5.41, 5.74) is 6.72. The Morgan fingerprint density at radius 2 is 2.15 bits per heavy atom. The molecular weight excluding hydrogens is 387 g/mol. The van der Waals surface area contributed by atoms with Crippen LogP contribution >= 0.6 is 0 Å². The number of azide groups is 1. The molecule has 3 fully saturated rings. The monoisotopic (exact) mass is 399 g/mol. The standard InChI is InChI=1S/C15H12F3N5O3S/c16-15(17,18)10-3-8(2-1-7(10)5-19)23-6-9-12-4-11(21-22-20)13(26-12)14(9)27(23,24)25/h1-3,9,11-14H,4,6H2/t9-,11-,12-,13+,14-/m0/s1. The molecule has 0 aliphatic carbocycles. The van der Waals surface area contributed by atoms with E-state index in [1.165, 1.54) is 12.1 Å².